The van der Waals surface area contributed by atoms with Gasteiger partial charge in [-0.05, 0) is 18.4 Å². The molecule has 0 fully saturated rings. The fourth-order valence-electron chi connectivity index (χ4n) is 1.58. The van der Waals surface area contributed by atoms with Gasteiger partial charge < -0.3 is 5.32 Å². The minimum atomic E-state index is -0.165. The normalized spacial score (nSPS) is 11.5. The summed E-state index contributed by atoms with van der Waals surface area (Å²) in [5, 5.41) is 2.87. The van der Waals surface area contributed by atoms with Crippen molar-refractivity contribution in [3.05, 3.63) is 61.2 Å². The van der Waals surface area contributed by atoms with Gasteiger partial charge >= 0.3 is 0 Å². The van der Waals surface area contributed by atoms with Gasteiger partial charge in [0.2, 0.25) is 5.91 Å². The molecule has 0 aliphatic rings. The Labute approximate surface area is 103 Å². The van der Waals surface area contributed by atoms with Crippen LogP contribution in [0.4, 0.5) is 0 Å². The molecule has 2 heteroatoms. The molecule has 1 aromatic rings. The molecule has 1 atom stereocenters. The van der Waals surface area contributed by atoms with E-state index in [1.54, 1.807) is 12.2 Å². The molecule has 0 aromatic heterocycles. The minimum absolute atomic E-state index is 0.0331. The van der Waals surface area contributed by atoms with Gasteiger partial charge in [0.15, 0.2) is 0 Å². The molecule has 1 unspecified atom stereocenters. The quantitative estimate of drug-likeness (QED) is 0.565. The van der Waals surface area contributed by atoms with E-state index in [-0.39, 0.29) is 11.8 Å². The second kappa shape index (κ2) is 7.44. The van der Waals surface area contributed by atoms with Gasteiger partial charge in [-0.2, -0.15) is 0 Å². The van der Waals surface area contributed by atoms with Crippen molar-refractivity contribution >= 4 is 5.91 Å². The van der Waals surface area contributed by atoms with E-state index in [9.17, 15) is 4.79 Å². The van der Waals surface area contributed by atoms with Crippen LogP contribution in [0.5, 0.6) is 0 Å². The van der Waals surface area contributed by atoms with Crippen LogP contribution in [0.15, 0.2) is 55.6 Å². The van der Waals surface area contributed by atoms with E-state index in [0.717, 1.165) is 12.0 Å². The molecule has 1 rings (SSSR count). The molecular formula is C15H19NO. The van der Waals surface area contributed by atoms with Crippen LogP contribution < -0.4 is 5.32 Å². The summed E-state index contributed by atoms with van der Waals surface area (Å²) in [4.78, 5) is 11.8. The maximum atomic E-state index is 11.8. The Morgan fingerprint density at radius 3 is 2.59 bits per heavy atom. The van der Waals surface area contributed by atoms with E-state index in [2.05, 4.69) is 18.5 Å². The topological polar surface area (TPSA) is 29.1 Å². The smallest absolute Gasteiger partial charge is 0.227 e. The number of carbonyl (C=O) groups excluding carboxylic acids is 1. The van der Waals surface area contributed by atoms with Crippen molar-refractivity contribution in [3.63, 3.8) is 0 Å². The van der Waals surface area contributed by atoms with Gasteiger partial charge in [-0.3, -0.25) is 4.79 Å². The Morgan fingerprint density at radius 2 is 2.00 bits per heavy atom. The van der Waals surface area contributed by atoms with Gasteiger partial charge in [0.25, 0.3) is 0 Å². The highest BCUT2D eigenvalue weighted by Gasteiger charge is 2.14. The van der Waals surface area contributed by atoms with Crippen molar-refractivity contribution in [1.82, 2.24) is 5.32 Å². The number of nitrogens with one attached hydrogen (secondary N) is 1. The van der Waals surface area contributed by atoms with E-state index in [1.807, 2.05) is 30.3 Å². The zero-order chi connectivity index (χ0) is 12.5. The number of hydrogen-bond acceptors (Lipinski definition) is 1. The first kappa shape index (κ1) is 13.2. The summed E-state index contributed by atoms with van der Waals surface area (Å²) < 4.78 is 0. The molecule has 1 amide bonds. The fourth-order valence-corrected chi connectivity index (χ4v) is 1.58. The van der Waals surface area contributed by atoms with Gasteiger partial charge in [-0.1, -0.05) is 42.5 Å². The molecule has 90 valence electrons. The van der Waals surface area contributed by atoms with Gasteiger partial charge in [0.1, 0.15) is 0 Å². The standard InChI is InChI=1S/C15H19NO/c1-3-5-11-16-15(17)14(4-2)12-13-9-7-6-8-10-13/h3-4,6-10,14H,1-2,5,11-12H2,(H,16,17). The van der Waals surface area contributed by atoms with Crippen LogP contribution in [0.2, 0.25) is 0 Å². The zero-order valence-corrected chi connectivity index (χ0v) is 10.1. The first-order valence-electron chi connectivity index (χ1n) is 5.83. The lowest BCUT2D eigenvalue weighted by atomic mass is 9.98. The molecule has 0 radical (unpaired) electrons. The molecular weight excluding hydrogens is 210 g/mol. The van der Waals surface area contributed by atoms with Crippen LogP contribution in [0.25, 0.3) is 0 Å². The molecule has 0 saturated heterocycles. The molecule has 17 heavy (non-hydrogen) atoms. The molecule has 0 heterocycles. The average molecular weight is 229 g/mol. The van der Waals surface area contributed by atoms with Gasteiger partial charge in [0, 0.05) is 6.54 Å². The highest BCUT2D eigenvalue weighted by molar-refractivity contribution is 5.80. The SMILES string of the molecule is C=CCCNC(=O)C(C=C)Cc1ccccc1. The van der Waals surface area contributed by atoms with Crippen LogP contribution in [-0.2, 0) is 11.2 Å². The van der Waals surface area contributed by atoms with Gasteiger partial charge in [-0.25, -0.2) is 0 Å². The average Bonchev–Trinajstić information content (AvgIpc) is 2.37. The van der Waals surface area contributed by atoms with Gasteiger partial charge in [0.05, 0.1) is 5.92 Å². The third kappa shape index (κ3) is 4.68. The number of amides is 1. The van der Waals surface area contributed by atoms with E-state index < -0.39 is 0 Å². The van der Waals surface area contributed by atoms with Crippen molar-refractivity contribution < 1.29 is 4.79 Å². The molecule has 0 aliphatic heterocycles. The number of hydrogen-bond donors (Lipinski definition) is 1. The Balaban J connectivity index is 2.50. The van der Waals surface area contributed by atoms with Crippen molar-refractivity contribution in [2.75, 3.05) is 6.54 Å². The minimum Gasteiger partial charge on any atom is -0.355 e. The largest absolute Gasteiger partial charge is 0.355 e. The number of rotatable bonds is 7. The predicted molar refractivity (Wildman–Crippen MR) is 71.7 cm³/mol. The maximum Gasteiger partial charge on any atom is 0.227 e. The van der Waals surface area contributed by atoms with E-state index >= 15 is 0 Å². The maximum absolute atomic E-state index is 11.8. The third-order valence-corrected chi connectivity index (χ3v) is 2.57. The highest BCUT2D eigenvalue weighted by Crippen LogP contribution is 2.09. The molecule has 0 saturated carbocycles. The van der Waals surface area contributed by atoms with Crippen molar-refractivity contribution in [2.45, 2.75) is 12.8 Å². The Kier molecular flexibility index (Phi) is 5.80. The Morgan fingerprint density at radius 1 is 1.29 bits per heavy atom. The molecule has 0 spiro atoms. The van der Waals surface area contributed by atoms with E-state index in [0.29, 0.717) is 13.0 Å². The predicted octanol–water partition coefficient (Wildman–Crippen LogP) is 2.72. The van der Waals surface area contributed by atoms with Crippen molar-refractivity contribution in [2.24, 2.45) is 5.92 Å². The van der Waals surface area contributed by atoms with Crippen LogP contribution in [0.1, 0.15) is 12.0 Å². The molecule has 0 aliphatic carbocycles. The summed E-state index contributed by atoms with van der Waals surface area (Å²) in [6, 6.07) is 9.97. The lowest BCUT2D eigenvalue weighted by Gasteiger charge is -2.12. The second-order valence-corrected chi connectivity index (χ2v) is 3.90. The highest BCUT2D eigenvalue weighted by atomic mass is 16.1. The fraction of sp³-hybridized carbons (Fsp3) is 0.267. The lowest BCUT2D eigenvalue weighted by molar-refractivity contribution is -0.123. The third-order valence-electron chi connectivity index (χ3n) is 2.57. The summed E-state index contributed by atoms with van der Waals surface area (Å²) in [6.07, 6.45) is 4.99. The van der Waals surface area contributed by atoms with Crippen LogP contribution in [0, 0.1) is 5.92 Å². The van der Waals surface area contributed by atoms with E-state index in [4.69, 9.17) is 0 Å². The van der Waals surface area contributed by atoms with Crippen LogP contribution in [0.3, 0.4) is 0 Å². The van der Waals surface area contributed by atoms with Gasteiger partial charge in [-0.15, -0.1) is 13.2 Å². The molecule has 1 N–H and O–H groups in total. The zero-order valence-electron chi connectivity index (χ0n) is 10.1. The molecule has 1 aromatic carbocycles. The molecule has 2 nitrogen and oxygen atoms in total. The summed E-state index contributed by atoms with van der Waals surface area (Å²) in [5.74, 6) is -0.132. The summed E-state index contributed by atoms with van der Waals surface area (Å²) >= 11 is 0. The number of benzene rings is 1. The van der Waals surface area contributed by atoms with Crippen molar-refractivity contribution in [3.8, 4) is 0 Å². The second-order valence-electron chi connectivity index (χ2n) is 3.90. The van der Waals surface area contributed by atoms with E-state index in [1.165, 1.54) is 0 Å². The number of carbonyl (C=O) groups is 1. The first-order valence-corrected chi connectivity index (χ1v) is 5.83. The van der Waals surface area contributed by atoms with Crippen LogP contribution in [-0.4, -0.2) is 12.5 Å². The Bertz CT molecular complexity index is 370. The Hall–Kier alpha value is -1.83. The van der Waals surface area contributed by atoms with Crippen LogP contribution >= 0.6 is 0 Å². The lowest BCUT2D eigenvalue weighted by Crippen LogP contribution is -2.31. The summed E-state index contributed by atoms with van der Waals surface area (Å²) in [5.41, 5.74) is 1.15. The first-order chi connectivity index (χ1) is 8.27. The van der Waals surface area contributed by atoms with Crippen molar-refractivity contribution in [1.29, 1.82) is 0 Å². The summed E-state index contributed by atoms with van der Waals surface area (Å²) in [6.45, 7) is 7.98. The monoisotopic (exact) mass is 229 g/mol. The molecule has 0 bridgehead atoms. The summed E-state index contributed by atoms with van der Waals surface area (Å²) in [7, 11) is 0.